The molecule has 0 atom stereocenters. The number of rotatable bonds is 5. The molecule has 0 unspecified atom stereocenters. The molecular weight excluding hydrogens is 320 g/mol. The maximum absolute atomic E-state index is 11.9. The van der Waals surface area contributed by atoms with E-state index in [4.69, 9.17) is 16.0 Å². The second-order valence-electron chi connectivity index (χ2n) is 4.86. The second kappa shape index (κ2) is 6.62. The second-order valence-corrected chi connectivity index (χ2v) is 5.30. The van der Waals surface area contributed by atoms with Crippen LogP contribution in [0.3, 0.4) is 0 Å². The molecule has 118 valence electrons. The molecule has 0 radical (unpaired) electrons. The monoisotopic (exact) mass is 332 g/mol. The van der Waals surface area contributed by atoms with E-state index < -0.39 is 5.76 Å². The molecule has 0 aliphatic heterocycles. The quantitative estimate of drug-likeness (QED) is 0.768. The number of carbonyl (C=O) groups excluding carboxylic acids is 1. The maximum atomic E-state index is 11.9. The first-order valence-corrected chi connectivity index (χ1v) is 7.32. The van der Waals surface area contributed by atoms with E-state index in [1.165, 1.54) is 10.9 Å². The van der Waals surface area contributed by atoms with Crippen LogP contribution in [0.15, 0.2) is 46.0 Å². The molecule has 1 aromatic carbocycles. The Kier molecular flexibility index (Phi) is 4.38. The van der Waals surface area contributed by atoms with Gasteiger partial charge in [-0.3, -0.25) is 9.36 Å². The van der Waals surface area contributed by atoms with Crippen LogP contribution in [0.5, 0.6) is 0 Å². The number of halogens is 1. The number of fused-ring (bicyclic) bond motifs is 1. The van der Waals surface area contributed by atoms with Gasteiger partial charge in [-0.15, -0.1) is 0 Å². The molecule has 2 heterocycles. The zero-order valence-electron chi connectivity index (χ0n) is 12.0. The molecule has 1 N–H and O–H groups in total. The van der Waals surface area contributed by atoms with E-state index in [1.807, 2.05) is 0 Å². The number of hydrogen-bond donors (Lipinski definition) is 1. The van der Waals surface area contributed by atoms with E-state index in [9.17, 15) is 9.59 Å². The molecule has 0 bridgehead atoms. The Hall–Kier alpha value is -2.67. The van der Waals surface area contributed by atoms with Crippen LogP contribution in [-0.4, -0.2) is 20.4 Å². The van der Waals surface area contributed by atoms with Crippen molar-refractivity contribution in [2.24, 2.45) is 0 Å². The van der Waals surface area contributed by atoms with Crippen molar-refractivity contribution in [3.63, 3.8) is 0 Å². The zero-order valence-corrected chi connectivity index (χ0v) is 12.8. The topological polar surface area (TPSA) is 90.0 Å². The number of amides is 1. The molecule has 3 rings (SSSR count). The molecule has 0 aliphatic rings. The summed E-state index contributed by atoms with van der Waals surface area (Å²) in [4.78, 5) is 31.6. The van der Waals surface area contributed by atoms with Crippen molar-refractivity contribution in [2.75, 3.05) is 0 Å². The number of nitrogens with one attached hydrogen (secondary N) is 1. The Bertz CT molecular complexity index is 889. The lowest BCUT2D eigenvalue weighted by Crippen LogP contribution is -2.26. The minimum atomic E-state index is -0.508. The smallest absolute Gasteiger partial charge is 0.408 e. The molecule has 0 spiro atoms. The zero-order chi connectivity index (χ0) is 16.2. The highest BCUT2D eigenvalue weighted by atomic mass is 35.5. The summed E-state index contributed by atoms with van der Waals surface area (Å²) in [6, 6.07) is 6.66. The standard InChI is InChI=1S/C15H13ClN4O3/c16-10-1-2-12-13(7-10)23-15(22)20(12)6-4-14(21)18-8-11-3-5-17-9-19-11/h1-3,5,7,9H,4,6,8H2,(H,18,21). The normalized spacial score (nSPS) is 10.8. The third-order valence-corrected chi connectivity index (χ3v) is 3.54. The third kappa shape index (κ3) is 3.57. The Morgan fingerprint density at radius 1 is 1.35 bits per heavy atom. The van der Waals surface area contributed by atoms with E-state index in [0.29, 0.717) is 28.4 Å². The minimum absolute atomic E-state index is 0.155. The Morgan fingerprint density at radius 3 is 3.00 bits per heavy atom. The summed E-state index contributed by atoms with van der Waals surface area (Å²) >= 11 is 5.86. The molecule has 3 aromatic rings. The molecule has 1 amide bonds. The fourth-order valence-electron chi connectivity index (χ4n) is 2.17. The van der Waals surface area contributed by atoms with Gasteiger partial charge < -0.3 is 9.73 Å². The Labute approximate surface area is 135 Å². The van der Waals surface area contributed by atoms with Crippen molar-refractivity contribution in [3.8, 4) is 0 Å². The Morgan fingerprint density at radius 2 is 2.22 bits per heavy atom. The molecular formula is C15H13ClN4O3. The van der Waals surface area contributed by atoms with Crippen LogP contribution in [0.4, 0.5) is 0 Å². The van der Waals surface area contributed by atoms with Crippen LogP contribution in [0.2, 0.25) is 5.02 Å². The van der Waals surface area contributed by atoms with Crippen molar-refractivity contribution in [1.82, 2.24) is 19.9 Å². The summed E-state index contributed by atoms with van der Waals surface area (Å²) in [5.41, 5.74) is 1.74. The Balaban J connectivity index is 1.63. The first-order valence-electron chi connectivity index (χ1n) is 6.94. The van der Waals surface area contributed by atoms with Gasteiger partial charge >= 0.3 is 5.76 Å². The fourth-order valence-corrected chi connectivity index (χ4v) is 2.33. The number of carbonyl (C=O) groups is 1. The molecule has 0 saturated carbocycles. The number of aryl methyl sites for hydroxylation is 1. The first-order chi connectivity index (χ1) is 11.1. The SMILES string of the molecule is O=C(CCn1c(=O)oc2cc(Cl)ccc21)NCc1ccncn1. The highest BCUT2D eigenvalue weighted by molar-refractivity contribution is 6.31. The summed E-state index contributed by atoms with van der Waals surface area (Å²) < 4.78 is 6.53. The average molecular weight is 333 g/mol. The molecule has 8 heteroatoms. The summed E-state index contributed by atoms with van der Waals surface area (Å²) in [7, 11) is 0. The molecule has 23 heavy (non-hydrogen) atoms. The average Bonchev–Trinajstić information content (AvgIpc) is 2.86. The van der Waals surface area contributed by atoms with Crippen LogP contribution in [0, 0.1) is 0 Å². The summed E-state index contributed by atoms with van der Waals surface area (Å²) in [5.74, 6) is -0.690. The lowest BCUT2D eigenvalue weighted by atomic mass is 10.3. The summed E-state index contributed by atoms with van der Waals surface area (Å²) in [6.45, 7) is 0.543. The summed E-state index contributed by atoms with van der Waals surface area (Å²) in [6.07, 6.45) is 3.18. The molecule has 0 fully saturated rings. The van der Waals surface area contributed by atoms with E-state index in [2.05, 4.69) is 15.3 Å². The van der Waals surface area contributed by atoms with Gasteiger partial charge in [0.2, 0.25) is 5.91 Å². The number of nitrogens with zero attached hydrogens (tertiary/aromatic N) is 3. The van der Waals surface area contributed by atoms with Gasteiger partial charge in [0.25, 0.3) is 0 Å². The van der Waals surface area contributed by atoms with E-state index in [1.54, 1.807) is 30.5 Å². The van der Waals surface area contributed by atoms with Gasteiger partial charge in [-0.2, -0.15) is 0 Å². The van der Waals surface area contributed by atoms with Crippen LogP contribution in [0.25, 0.3) is 11.1 Å². The van der Waals surface area contributed by atoms with Crippen molar-refractivity contribution in [2.45, 2.75) is 19.5 Å². The number of hydrogen-bond acceptors (Lipinski definition) is 5. The largest absolute Gasteiger partial charge is 0.419 e. The predicted octanol–water partition coefficient (Wildman–Crippen LogP) is 1.74. The maximum Gasteiger partial charge on any atom is 0.419 e. The predicted molar refractivity (Wildman–Crippen MR) is 84.0 cm³/mol. The van der Waals surface area contributed by atoms with E-state index in [-0.39, 0.29) is 18.9 Å². The summed E-state index contributed by atoms with van der Waals surface area (Å²) in [5, 5.41) is 3.23. The van der Waals surface area contributed by atoms with E-state index >= 15 is 0 Å². The van der Waals surface area contributed by atoms with Crippen molar-refractivity contribution >= 4 is 28.6 Å². The lowest BCUT2D eigenvalue weighted by molar-refractivity contribution is -0.121. The van der Waals surface area contributed by atoms with E-state index in [0.717, 1.165) is 0 Å². The van der Waals surface area contributed by atoms with Gasteiger partial charge in [0.1, 0.15) is 6.33 Å². The van der Waals surface area contributed by atoms with Crippen LogP contribution in [0.1, 0.15) is 12.1 Å². The van der Waals surface area contributed by atoms with Gasteiger partial charge in [-0.25, -0.2) is 14.8 Å². The van der Waals surface area contributed by atoms with Gasteiger partial charge in [0, 0.05) is 30.3 Å². The lowest BCUT2D eigenvalue weighted by Gasteiger charge is -2.05. The molecule has 2 aromatic heterocycles. The van der Waals surface area contributed by atoms with Gasteiger partial charge in [-0.05, 0) is 18.2 Å². The minimum Gasteiger partial charge on any atom is -0.408 e. The highest BCUT2D eigenvalue weighted by Gasteiger charge is 2.11. The van der Waals surface area contributed by atoms with Crippen molar-refractivity contribution < 1.29 is 9.21 Å². The first kappa shape index (κ1) is 15.2. The number of oxazole rings is 1. The molecule has 7 nitrogen and oxygen atoms in total. The van der Waals surface area contributed by atoms with Gasteiger partial charge in [0.05, 0.1) is 17.8 Å². The highest BCUT2D eigenvalue weighted by Crippen LogP contribution is 2.18. The van der Waals surface area contributed by atoms with Crippen molar-refractivity contribution in [3.05, 3.63) is 58.1 Å². The molecule has 0 aliphatic carbocycles. The van der Waals surface area contributed by atoms with Gasteiger partial charge in [-0.1, -0.05) is 11.6 Å². The van der Waals surface area contributed by atoms with Crippen LogP contribution in [-0.2, 0) is 17.9 Å². The van der Waals surface area contributed by atoms with Crippen LogP contribution < -0.4 is 11.1 Å². The molecule has 0 saturated heterocycles. The van der Waals surface area contributed by atoms with Crippen LogP contribution >= 0.6 is 11.6 Å². The number of benzene rings is 1. The fraction of sp³-hybridized carbons (Fsp3) is 0.200. The van der Waals surface area contributed by atoms with Crippen molar-refractivity contribution in [1.29, 1.82) is 0 Å². The third-order valence-electron chi connectivity index (χ3n) is 3.30. The van der Waals surface area contributed by atoms with Gasteiger partial charge in [0.15, 0.2) is 5.58 Å². The number of aromatic nitrogens is 3.